The van der Waals surface area contributed by atoms with E-state index in [4.69, 9.17) is 5.26 Å². The minimum atomic E-state index is -3.47. The van der Waals surface area contributed by atoms with Crippen molar-refractivity contribution >= 4 is 10.0 Å². The van der Waals surface area contributed by atoms with Crippen molar-refractivity contribution in [1.82, 2.24) is 10.0 Å². The molecule has 2 rings (SSSR count). The summed E-state index contributed by atoms with van der Waals surface area (Å²) in [5.41, 5.74) is 2.11. The molecule has 0 saturated heterocycles. The Kier molecular flexibility index (Phi) is 5.51. The Balaban J connectivity index is 1.91. The van der Waals surface area contributed by atoms with Gasteiger partial charge >= 0.3 is 0 Å². The Morgan fingerprint density at radius 2 is 2.05 bits per heavy atom. The molecule has 1 aromatic carbocycles. The van der Waals surface area contributed by atoms with Gasteiger partial charge in [0.15, 0.2) is 0 Å². The van der Waals surface area contributed by atoms with E-state index >= 15 is 0 Å². The molecule has 0 spiro atoms. The van der Waals surface area contributed by atoms with Crippen LogP contribution in [0.15, 0.2) is 40.8 Å². The molecule has 0 aliphatic carbocycles. The Morgan fingerprint density at radius 3 is 2.67 bits per heavy atom. The van der Waals surface area contributed by atoms with Gasteiger partial charge < -0.3 is 5.32 Å². The van der Waals surface area contributed by atoms with Crippen LogP contribution in [0.25, 0.3) is 0 Å². The van der Waals surface area contributed by atoms with Crippen molar-refractivity contribution in [3.8, 4) is 6.07 Å². The van der Waals surface area contributed by atoms with Crippen LogP contribution >= 0.6 is 0 Å². The van der Waals surface area contributed by atoms with Crippen molar-refractivity contribution in [3.63, 3.8) is 0 Å². The third-order valence-electron chi connectivity index (χ3n) is 3.41. The quantitative estimate of drug-likeness (QED) is 0.777. The van der Waals surface area contributed by atoms with Crippen LogP contribution < -0.4 is 10.0 Å². The first-order chi connectivity index (χ1) is 10.1. The third kappa shape index (κ3) is 4.67. The van der Waals surface area contributed by atoms with E-state index in [9.17, 15) is 8.42 Å². The fraction of sp³-hybridized carbons (Fsp3) is 0.400. The zero-order chi connectivity index (χ0) is 15.1. The van der Waals surface area contributed by atoms with Gasteiger partial charge in [-0.2, -0.15) is 5.26 Å². The van der Waals surface area contributed by atoms with Crippen molar-refractivity contribution in [2.75, 3.05) is 19.6 Å². The number of rotatable bonds is 6. The lowest BCUT2D eigenvalue weighted by Crippen LogP contribution is -2.26. The van der Waals surface area contributed by atoms with E-state index in [1.54, 1.807) is 24.3 Å². The summed E-state index contributed by atoms with van der Waals surface area (Å²) in [6, 6.07) is 8.46. The summed E-state index contributed by atoms with van der Waals surface area (Å²) < 4.78 is 26.9. The number of hydrogen-bond donors (Lipinski definition) is 2. The number of nitrogens with one attached hydrogen (secondary N) is 2. The Hall–Kier alpha value is -1.68. The van der Waals surface area contributed by atoms with E-state index in [0.29, 0.717) is 6.54 Å². The molecule has 21 heavy (non-hydrogen) atoms. The molecule has 1 aromatic rings. The maximum Gasteiger partial charge on any atom is 0.240 e. The first kappa shape index (κ1) is 15.7. The van der Waals surface area contributed by atoms with E-state index in [1.165, 1.54) is 5.57 Å². The normalized spacial score (nSPS) is 15.3. The number of nitriles is 1. The lowest BCUT2D eigenvalue weighted by atomic mass is 10.1. The fourth-order valence-electron chi connectivity index (χ4n) is 2.20. The molecular formula is C15H19N3O2S. The molecule has 0 radical (unpaired) electrons. The van der Waals surface area contributed by atoms with Gasteiger partial charge in [0.2, 0.25) is 10.0 Å². The van der Waals surface area contributed by atoms with Gasteiger partial charge in [-0.1, -0.05) is 23.8 Å². The maximum absolute atomic E-state index is 12.1. The van der Waals surface area contributed by atoms with Crippen molar-refractivity contribution in [1.29, 1.82) is 5.26 Å². The van der Waals surface area contributed by atoms with Crippen LogP contribution in [0.2, 0.25) is 0 Å². The molecule has 0 atom stereocenters. The lowest BCUT2D eigenvalue weighted by Gasteiger charge is -2.14. The fourth-order valence-corrected chi connectivity index (χ4v) is 3.24. The molecule has 0 aromatic heterocycles. The van der Waals surface area contributed by atoms with Gasteiger partial charge in [-0.05, 0) is 37.1 Å². The maximum atomic E-state index is 12.1. The average molecular weight is 305 g/mol. The van der Waals surface area contributed by atoms with Crippen LogP contribution in [-0.4, -0.2) is 28.1 Å². The molecule has 0 bridgehead atoms. The molecule has 5 nitrogen and oxygen atoms in total. The molecule has 2 N–H and O–H groups in total. The van der Waals surface area contributed by atoms with E-state index < -0.39 is 10.0 Å². The number of benzene rings is 1. The zero-order valence-electron chi connectivity index (χ0n) is 11.8. The zero-order valence-corrected chi connectivity index (χ0v) is 12.6. The highest BCUT2D eigenvalue weighted by Crippen LogP contribution is 2.12. The molecule has 0 fully saturated rings. The summed E-state index contributed by atoms with van der Waals surface area (Å²) in [7, 11) is -3.47. The second kappa shape index (κ2) is 7.36. The molecular weight excluding hydrogens is 286 g/mol. The summed E-state index contributed by atoms with van der Waals surface area (Å²) in [5.74, 6) is 0. The number of sulfonamides is 1. The van der Waals surface area contributed by atoms with Crippen LogP contribution in [0.4, 0.5) is 0 Å². The SMILES string of the molecule is N#CCc1ccc(S(=O)(=O)NCCC2=CCNCC2)cc1. The highest BCUT2D eigenvalue weighted by molar-refractivity contribution is 7.89. The Labute approximate surface area is 125 Å². The lowest BCUT2D eigenvalue weighted by molar-refractivity contribution is 0.580. The largest absolute Gasteiger partial charge is 0.313 e. The predicted molar refractivity (Wildman–Crippen MR) is 81.1 cm³/mol. The van der Waals surface area contributed by atoms with Gasteiger partial charge in [-0.25, -0.2) is 13.1 Å². The highest BCUT2D eigenvalue weighted by Gasteiger charge is 2.13. The van der Waals surface area contributed by atoms with Gasteiger partial charge in [-0.15, -0.1) is 0 Å². The van der Waals surface area contributed by atoms with E-state index in [2.05, 4.69) is 16.1 Å². The van der Waals surface area contributed by atoms with Gasteiger partial charge in [0.05, 0.1) is 17.4 Å². The molecule has 1 aliphatic heterocycles. The molecule has 0 unspecified atom stereocenters. The first-order valence-electron chi connectivity index (χ1n) is 6.96. The van der Waals surface area contributed by atoms with Gasteiger partial charge in [-0.3, -0.25) is 0 Å². The van der Waals surface area contributed by atoms with Crippen molar-refractivity contribution in [2.24, 2.45) is 0 Å². The van der Waals surface area contributed by atoms with E-state index in [0.717, 1.165) is 31.5 Å². The van der Waals surface area contributed by atoms with Gasteiger partial charge in [0, 0.05) is 13.1 Å². The van der Waals surface area contributed by atoms with Gasteiger partial charge in [0.1, 0.15) is 0 Å². The minimum Gasteiger partial charge on any atom is -0.313 e. The number of hydrogen-bond acceptors (Lipinski definition) is 4. The molecule has 1 heterocycles. The molecule has 112 valence electrons. The van der Waals surface area contributed by atoms with Crippen molar-refractivity contribution < 1.29 is 8.42 Å². The molecule has 0 amide bonds. The van der Waals surface area contributed by atoms with E-state index in [1.807, 2.05) is 6.07 Å². The topological polar surface area (TPSA) is 82.0 Å². The minimum absolute atomic E-state index is 0.239. The smallest absolute Gasteiger partial charge is 0.240 e. The van der Waals surface area contributed by atoms with Crippen LogP contribution in [0.1, 0.15) is 18.4 Å². The standard InChI is InChI=1S/C15H19N3O2S/c16-9-5-13-1-3-15(4-2-13)21(19,20)18-12-8-14-6-10-17-11-7-14/h1-4,6,17-18H,5,7-8,10-12H2. The summed E-state index contributed by atoms with van der Waals surface area (Å²) in [4.78, 5) is 0.239. The summed E-state index contributed by atoms with van der Waals surface area (Å²) in [5, 5.41) is 11.8. The van der Waals surface area contributed by atoms with E-state index in [-0.39, 0.29) is 11.3 Å². The third-order valence-corrected chi connectivity index (χ3v) is 4.89. The molecule has 0 saturated carbocycles. The van der Waals surface area contributed by atoms with Crippen LogP contribution in [0, 0.1) is 11.3 Å². The molecule has 1 aliphatic rings. The second-order valence-electron chi connectivity index (χ2n) is 4.94. The monoisotopic (exact) mass is 305 g/mol. The Bertz CT molecular complexity index is 642. The number of nitrogens with zero attached hydrogens (tertiary/aromatic N) is 1. The van der Waals surface area contributed by atoms with Crippen LogP contribution in [0.3, 0.4) is 0 Å². The van der Waals surface area contributed by atoms with Gasteiger partial charge in [0.25, 0.3) is 0 Å². The Morgan fingerprint density at radius 1 is 1.29 bits per heavy atom. The summed E-state index contributed by atoms with van der Waals surface area (Å²) in [6.45, 7) is 2.23. The first-order valence-corrected chi connectivity index (χ1v) is 8.44. The predicted octanol–water partition coefficient (Wildman–Crippen LogP) is 1.34. The molecule has 6 heteroatoms. The summed E-state index contributed by atoms with van der Waals surface area (Å²) in [6.07, 6.45) is 4.13. The van der Waals surface area contributed by atoms with Crippen LogP contribution in [0.5, 0.6) is 0 Å². The summed E-state index contributed by atoms with van der Waals surface area (Å²) >= 11 is 0. The van der Waals surface area contributed by atoms with Crippen molar-refractivity contribution in [2.45, 2.75) is 24.2 Å². The highest BCUT2D eigenvalue weighted by atomic mass is 32.2. The van der Waals surface area contributed by atoms with Crippen molar-refractivity contribution in [3.05, 3.63) is 41.5 Å². The average Bonchev–Trinajstić information content (AvgIpc) is 2.49. The second-order valence-corrected chi connectivity index (χ2v) is 6.71. The van der Waals surface area contributed by atoms with Crippen LogP contribution in [-0.2, 0) is 16.4 Å².